The number of hydrogen-bond donors (Lipinski definition) is 1. The summed E-state index contributed by atoms with van der Waals surface area (Å²) in [5.41, 5.74) is -2.95. The van der Waals surface area contributed by atoms with Crippen molar-refractivity contribution >= 4 is 23.9 Å². The molecule has 0 radical (unpaired) electrons. The molecule has 0 amide bonds. The minimum Gasteiger partial charge on any atom is -0.462 e. The topological polar surface area (TPSA) is 138 Å². The Morgan fingerprint density at radius 2 is 1.61 bits per heavy atom. The van der Waals surface area contributed by atoms with Crippen LogP contribution in [-0.2, 0) is 42.9 Å². The second-order valence-electron chi connectivity index (χ2n) is 11.1. The van der Waals surface area contributed by atoms with E-state index in [9.17, 15) is 24.3 Å². The van der Waals surface area contributed by atoms with Gasteiger partial charge in [-0.25, -0.2) is 4.79 Å². The molecule has 0 aromatic rings. The first kappa shape index (κ1) is 26.6. The lowest BCUT2D eigenvalue weighted by Crippen LogP contribution is -2.66. The first-order valence-corrected chi connectivity index (χ1v) is 12.5. The number of hydrogen-bond acceptors (Lipinski definition) is 10. The summed E-state index contributed by atoms with van der Waals surface area (Å²) < 4.78 is 29.5. The predicted octanol–water partition coefficient (Wildman–Crippen LogP) is 2.00. The highest BCUT2D eigenvalue weighted by Gasteiger charge is 2.87. The van der Waals surface area contributed by atoms with Crippen molar-refractivity contribution in [3.05, 3.63) is 11.6 Å². The number of carbonyl (C=O) groups excluding carboxylic acids is 4. The fraction of sp³-hybridized carbons (Fsp3) is 0.769. The lowest BCUT2D eigenvalue weighted by atomic mass is 9.53. The molecule has 36 heavy (non-hydrogen) atoms. The number of allylic oxidation sites excluding steroid dienone is 1. The minimum absolute atomic E-state index is 0.108. The summed E-state index contributed by atoms with van der Waals surface area (Å²) in [6, 6.07) is 0. The molecule has 0 aromatic carbocycles. The van der Waals surface area contributed by atoms with E-state index < -0.39 is 82.8 Å². The van der Waals surface area contributed by atoms with Crippen molar-refractivity contribution in [2.45, 2.75) is 109 Å². The first-order valence-electron chi connectivity index (χ1n) is 12.5. The maximum Gasteiger partial charge on any atom is 0.342 e. The number of epoxide rings is 1. The lowest BCUT2D eigenvalue weighted by molar-refractivity contribution is -0.231. The number of rotatable bonds is 3. The second-order valence-corrected chi connectivity index (χ2v) is 11.1. The van der Waals surface area contributed by atoms with Gasteiger partial charge in [-0.15, -0.1) is 0 Å². The quantitative estimate of drug-likeness (QED) is 0.261. The average molecular weight is 509 g/mol. The van der Waals surface area contributed by atoms with Gasteiger partial charge < -0.3 is 28.8 Å². The number of esters is 4. The summed E-state index contributed by atoms with van der Waals surface area (Å²) in [6.07, 6.45) is -1.66. The molecule has 10 nitrogen and oxygen atoms in total. The van der Waals surface area contributed by atoms with Gasteiger partial charge in [0.2, 0.25) is 0 Å². The Kier molecular flexibility index (Phi) is 6.53. The molecule has 10 atom stereocenters. The van der Waals surface area contributed by atoms with Crippen LogP contribution in [0.4, 0.5) is 0 Å². The van der Waals surface area contributed by atoms with Gasteiger partial charge in [-0.3, -0.25) is 14.4 Å². The molecule has 1 spiro atoms. The molecule has 3 fully saturated rings. The lowest BCUT2D eigenvalue weighted by Gasteiger charge is -2.56. The van der Waals surface area contributed by atoms with Crippen molar-refractivity contribution in [2.24, 2.45) is 17.3 Å². The van der Waals surface area contributed by atoms with Gasteiger partial charge in [-0.05, 0) is 38.7 Å². The maximum absolute atomic E-state index is 12.9. The standard InChI is InChI=1S/C26H36O10/c1-12-8-9-18(32-14(3)27)24(6)19(33-15(4)28)11-17(30)13(2)21(24)22(34-16(5)29)26-20(10-12)35-23(31)25(26,7)36-26/h10,13,17-22,30H,8-9,11H2,1-7H3/b12-10-/t13-,17-,18-,19-,20-,21+,22-,24-,25-,26-/m0/s1. The molecule has 0 bridgehead atoms. The van der Waals surface area contributed by atoms with Crippen molar-refractivity contribution in [3.63, 3.8) is 0 Å². The van der Waals surface area contributed by atoms with E-state index in [1.54, 1.807) is 13.0 Å². The summed E-state index contributed by atoms with van der Waals surface area (Å²) in [6.45, 7) is 11.0. The Balaban J connectivity index is 1.99. The largest absolute Gasteiger partial charge is 0.462 e. The first-order chi connectivity index (χ1) is 16.7. The Labute approximate surface area is 210 Å². The number of carbonyl (C=O) groups is 4. The normalized spacial score (nSPS) is 47.1. The fourth-order valence-corrected chi connectivity index (χ4v) is 6.92. The van der Waals surface area contributed by atoms with E-state index in [0.29, 0.717) is 12.8 Å². The Morgan fingerprint density at radius 1 is 1.03 bits per heavy atom. The van der Waals surface area contributed by atoms with Crippen LogP contribution >= 0.6 is 0 Å². The highest BCUT2D eigenvalue weighted by molar-refractivity contribution is 5.89. The summed E-state index contributed by atoms with van der Waals surface area (Å²) in [7, 11) is 0. The molecular weight excluding hydrogens is 472 g/mol. The summed E-state index contributed by atoms with van der Waals surface area (Å²) in [4.78, 5) is 49.9. The van der Waals surface area contributed by atoms with Gasteiger partial charge >= 0.3 is 23.9 Å². The van der Waals surface area contributed by atoms with Crippen molar-refractivity contribution in [1.82, 2.24) is 0 Å². The van der Waals surface area contributed by atoms with Crippen molar-refractivity contribution in [1.29, 1.82) is 0 Å². The smallest absolute Gasteiger partial charge is 0.342 e. The second kappa shape index (κ2) is 8.83. The van der Waals surface area contributed by atoms with Crippen LogP contribution in [0, 0.1) is 17.3 Å². The van der Waals surface area contributed by atoms with Crippen LogP contribution in [-0.4, -0.2) is 70.7 Å². The minimum atomic E-state index is -1.37. The van der Waals surface area contributed by atoms with E-state index in [4.69, 9.17) is 23.7 Å². The van der Waals surface area contributed by atoms with Gasteiger partial charge in [-0.2, -0.15) is 0 Å². The van der Waals surface area contributed by atoms with Gasteiger partial charge in [0.15, 0.2) is 17.3 Å². The van der Waals surface area contributed by atoms with Crippen molar-refractivity contribution in [3.8, 4) is 0 Å². The fourth-order valence-electron chi connectivity index (χ4n) is 6.92. The third-order valence-electron chi connectivity index (χ3n) is 8.75. The molecule has 1 N–H and O–H groups in total. The molecular formula is C26H36O10. The van der Waals surface area contributed by atoms with Gasteiger partial charge in [0.05, 0.1) is 6.10 Å². The summed E-state index contributed by atoms with van der Waals surface area (Å²) in [5, 5.41) is 11.1. The molecule has 2 aliphatic heterocycles. The molecule has 0 unspecified atom stereocenters. The van der Waals surface area contributed by atoms with Crippen LogP contribution in [0.15, 0.2) is 11.6 Å². The monoisotopic (exact) mass is 508 g/mol. The van der Waals surface area contributed by atoms with Crippen LogP contribution in [0.25, 0.3) is 0 Å². The van der Waals surface area contributed by atoms with E-state index in [-0.39, 0.29) is 6.42 Å². The van der Waals surface area contributed by atoms with Gasteiger partial charge in [-0.1, -0.05) is 19.4 Å². The van der Waals surface area contributed by atoms with Gasteiger partial charge in [0.1, 0.15) is 18.3 Å². The molecule has 2 heterocycles. The molecule has 200 valence electrons. The zero-order valence-corrected chi connectivity index (χ0v) is 21.9. The molecule has 4 rings (SSSR count). The van der Waals surface area contributed by atoms with Crippen LogP contribution in [0.5, 0.6) is 0 Å². The van der Waals surface area contributed by atoms with Crippen LogP contribution in [0.1, 0.15) is 67.7 Å². The van der Waals surface area contributed by atoms with Crippen molar-refractivity contribution < 1.29 is 48.0 Å². The molecule has 1 saturated carbocycles. The zero-order valence-electron chi connectivity index (χ0n) is 21.9. The number of aliphatic hydroxyl groups excluding tert-OH is 1. The molecule has 2 saturated heterocycles. The Bertz CT molecular complexity index is 1000. The predicted molar refractivity (Wildman–Crippen MR) is 123 cm³/mol. The number of aliphatic hydroxyl groups is 1. The summed E-state index contributed by atoms with van der Waals surface area (Å²) >= 11 is 0. The third-order valence-corrected chi connectivity index (χ3v) is 8.75. The van der Waals surface area contributed by atoms with Crippen LogP contribution in [0.2, 0.25) is 0 Å². The molecule has 4 aliphatic rings. The molecule has 2 aliphatic carbocycles. The van der Waals surface area contributed by atoms with Gasteiger partial charge in [0.25, 0.3) is 0 Å². The highest BCUT2D eigenvalue weighted by Crippen LogP contribution is 2.65. The van der Waals surface area contributed by atoms with E-state index in [2.05, 4.69) is 0 Å². The van der Waals surface area contributed by atoms with E-state index in [1.807, 2.05) is 20.8 Å². The van der Waals surface area contributed by atoms with Crippen LogP contribution in [0.3, 0.4) is 0 Å². The van der Waals surface area contributed by atoms with E-state index >= 15 is 0 Å². The highest BCUT2D eigenvalue weighted by atomic mass is 16.7. The number of fused-ring (bicyclic) bond motifs is 1. The van der Waals surface area contributed by atoms with Crippen molar-refractivity contribution in [2.75, 3.05) is 0 Å². The maximum atomic E-state index is 12.9. The zero-order chi connectivity index (χ0) is 26.8. The Hall–Kier alpha value is -2.46. The summed E-state index contributed by atoms with van der Waals surface area (Å²) in [5.74, 6) is -3.47. The Morgan fingerprint density at radius 3 is 2.17 bits per heavy atom. The number of ether oxygens (including phenoxy) is 5. The third kappa shape index (κ3) is 3.84. The SMILES string of the molecule is CC(=O)O[C@H]1CC/C(C)=C\[C@@H]2OC(=O)[C@]3(C)O[C@]23[C@@H](OC(C)=O)[C@H]2[C@@H](C)[C@@H](O)C[C@H](OC(C)=O)[C@@]21C. The van der Waals surface area contributed by atoms with E-state index in [0.717, 1.165) is 5.57 Å². The van der Waals surface area contributed by atoms with Gasteiger partial charge in [0, 0.05) is 38.5 Å². The molecule has 10 heteroatoms. The van der Waals surface area contributed by atoms with Crippen LogP contribution < -0.4 is 0 Å². The van der Waals surface area contributed by atoms with E-state index in [1.165, 1.54) is 20.8 Å². The average Bonchev–Trinajstić information content (AvgIpc) is 3.34. The molecule has 0 aromatic heterocycles.